The first-order valence-corrected chi connectivity index (χ1v) is 8.83. The Morgan fingerprint density at radius 3 is 2.19 bits per heavy atom. The fourth-order valence-electron chi connectivity index (χ4n) is 3.16. The van der Waals surface area contributed by atoms with Crippen LogP contribution in [0.15, 0.2) is 42.5 Å². The van der Waals surface area contributed by atoms with Crippen LogP contribution in [0.5, 0.6) is 0 Å². The van der Waals surface area contributed by atoms with Crippen molar-refractivity contribution in [1.82, 2.24) is 4.90 Å². The molecule has 0 bridgehead atoms. The molecule has 0 spiro atoms. The second kappa shape index (κ2) is 7.31. The van der Waals surface area contributed by atoms with Gasteiger partial charge in [0.15, 0.2) is 0 Å². The Kier molecular flexibility index (Phi) is 5.08. The van der Waals surface area contributed by atoms with Gasteiger partial charge in [0.25, 0.3) is 11.8 Å². The van der Waals surface area contributed by atoms with Crippen LogP contribution in [0, 0.1) is 18.7 Å². The van der Waals surface area contributed by atoms with Gasteiger partial charge >= 0.3 is 0 Å². The summed E-state index contributed by atoms with van der Waals surface area (Å²) in [5.74, 6) is -1.84. The molecule has 0 unspecified atom stereocenters. The van der Waals surface area contributed by atoms with Gasteiger partial charge in [0.05, 0.1) is 11.1 Å². The molecule has 1 atom stereocenters. The number of rotatable bonds is 5. The third-order valence-corrected chi connectivity index (χ3v) is 4.57. The van der Waals surface area contributed by atoms with Crippen LogP contribution in [0.3, 0.4) is 0 Å². The maximum atomic E-state index is 13.8. The number of hydrogen-bond donors (Lipinski definition) is 1. The average molecular weight is 368 g/mol. The molecule has 0 aliphatic carbocycles. The number of carbonyl (C=O) groups excluding carboxylic acids is 3. The molecule has 140 valence electrons. The summed E-state index contributed by atoms with van der Waals surface area (Å²) in [5.41, 5.74) is 1.34. The highest BCUT2D eigenvalue weighted by atomic mass is 19.1. The number of nitrogens with one attached hydrogen (secondary N) is 1. The minimum atomic E-state index is -0.971. The van der Waals surface area contributed by atoms with Crippen LogP contribution in [0.2, 0.25) is 0 Å². The number of imide groups is 1. The number of fused-ring (bicyclic) bond motifs is 1. The fourth-order valence-corrected chi connectivity index (χ4v) is 3.16. The molecule has 0 saturated carbocycles. The van der Waals surface area contributed by atoms with Gasteiger partial charge in [-0.3, -0.25) is 19.3 Å². The number of hydrogen-bond acceptors (Lipinski definition) is 3. The highest BCUT2D eigenvalue weighted by Gasteiger charge is 2.42. The second-order valence-corrected chi connectivity index (χ2v) is 7.12. The monoisotopic (exact) mass is 368 g/mol. The van der Waals surface area contributed by atoms with Crippen molar-refractivity contribution in [2.75, 3.05) is 5.32 Å². The Morgan fingerprint density at radius 2 is 1.67 bits per heavy atom. The van der Waals surface area contributed by atoms with Crippen LogP contribution in [-0.4, -0.2) is 28.7 Å². The molecule has 3 amide bonds. The van der Waals surface area contributed by atoms with Crippen molar-refractivity contribution in [3.05, 3.63) is 65.0 Å². The molecule has 6 heteroatoms. The number of aryl methyl sites for hydroxylation is 1. The molecule has 5 nitrogen and oxygen atoms in total. The van der Waals surface area contributed by atoms with Gasteiger partial charge in [-0.2, -0.15) is 0 Å². The van der Waals surface area contributed by atoms with Gasteiger partial charge in [0.1, 0.15) is 11.9 Å². The molecule has 1 heterocycles. The molecule has 0 fully saturated rings. The first-order valence-electron chi connectivity index (χ1n) is 8.83. The maximum Gasteiger partial charge on any atom is 0.262 e. The lowest BCUT2D eigenvalue weighted by Crippen LogP contribution is -2.47. The minimum absolute atomic E-state index is 0.0693. The molecule has 0 radical (unpaired) electrons. The van der Waals surface area contributed by atoms with E-state index in [-0.39, 0.29) is 11.6 Å². The van der Waals surface area contributed by atoms with Crippen molar-refractivity contribution in [2.45, 2.75) is 33.2 Å². The second-order valence-electron chi connectivity index (χ2n) is 7.12. The third kappa shape index (κ3) is 3.60. The summed E-state index contributed by atoms with van der Waals surface area (Å²) in [6.07, 6.45) is 0.311. The Bertz CT molecular complexity index is 888. The Hall–Kier alpha value is -3.02. The number of halogens is 1. The number of anilines is 1. The number of benzene rings is 2. The molecule has 1 aliphatic heterocycles. The zero-order valence-electron chi connectivity index (χ0n) is 15.5. The highest BCUT2D eigenvalue weighted by molar-refractivity contribution is 6.23. The lowest BCUT2D eigenvalue weighted by Gasteiger charge is -2.26. The van der Waals surface area contributed by atoms with E-state index in [2.05, 4.69) is 5.32 Å². The number of carbonyl (C=O) groups is 3. The van der Waals surface area contributed by atoms with E-state index in [1.807, 2.05) is 13.8 Å². The van der Waals surface area contributed by atoms with Gasteiger partial charge in [-0.15, -0.1) is 0 Å². The summed E-state index contributed by atoms with van der Waals surface area (Å²) in [6, 6.07) is 9.92. The Morgan fingerprint density at radius 1 is 1.07 bits per heavy atom. The summed E-state index contributed by atoms with van der Waals surface area (Å²) in [6.45, 7) is 5.44. The van der Waals surface area contributed by atoms with Crippen LogP contribution in [0.1, 0.15) is 46.5 Å². The summed E-state index contributed by atoms with van der Waals surface area (Å²) < 4.78 is 13.8. The average Bonchev–Trinajstić information content (AvgIpc) is 2.87. The number of nitrogens with zero attached hydrogens (tertiary/aromatic N) is 1. The first-order chi connectivity index (χ1) is 12.8. The van der Waals surface area contributed by atoms with Crippen LogP contribution >= 0.6 is 0 Å². The third-order valence-electron chi connectivity index (χ3n) is 4.57. The predicted octanol–water partition coefficient (Wildman–Crippen LogP) is 3.78. The number of amides is 3. The van der Waals surface area contributed by atoms with E-state index in [9.17, 15) is 18.8 Å². The molecule has 3 rings (SSSR count). The molecule has 0 aromatic heterocycles. The van der Waals surface area contributed by atoms with Crippen LogP contribution < -0.4 is 5.32 Å². The van der Waals surface area contributed by atoms with Crippen molar-refractivity contribution in [2.24, 2.45) is 5.92 Å². The minimum Gasteiger partial charge on any atom is -0.324 e. The highest BCUT2D eigenvalue weighted by Crippen LogP contribution is 2.27. The van der Waals surface area contributed by atoms with Gasteiger partial charge < -0.3 is 5.32 Å². The topological polar surface area (TPSA) is 66.5 Å². The van der Waals surface area contributed by atoms with Crippen molar-refractivity contribution >= 4 is 23.4 Å². The smallest absolute Gasteiger partial charge is 0.262 e. The largest absolute Gasteiger partial charge is 0.324 e. The quantitative estimate of drug-likeness (QED) is 0.817. The maximum absolute atomic E-state index is 13.8. The van der Waals surface area contributed by atoms with E-state index in [1.54, 1.807) is 43.3 Å². The van der Waals surface area contributed by atoms with Crippen LogP contribution in [-0.2, 0) is 4.79 Å². The summed E-state index contributed by atoms with van der Waals surface area (Å²) >= 11 is 0. The fraction of sp³-hybridized carbons (Fsp3) is 0.286. The SMILES string of the molecule is Cc1ccc(NC(=O)[C@H](CC(C)C)N2C(=O)c3ccccc3C2=O)cc1F. The van der Waals surface area contributed by atoms with Crippen molar-refractivity contribution in [3.8, 4) is 0 Å². The summed E-state index contributed by atoms with van der Waals surface area (Å²) in [5, 5.41) is 2.64. The molecule has 0 saturated heterocycles. The van der Waals surface area contributed by atoms with Crippen LogP contribution in [0.25, 0.3) is 0 Å². The van der Waals surface area contributed by atoms with E-state index < -0.39 is 29.6 Å². The molecule has 27 heavy (non-hydrogen) atoms. The van der Waals surface area contributed by atoms with E-state index in [0.29, 0.717) is 23.1 Å². The summed E-state index contributed by atoms with van der Waals surface area (Å²) in [4.78, 5) is 39.4. The Labute approximate surface area is 157 Å². The lowest BCUT2D eigenvalue weighted by atomic mass is 10.0. The van der Waals surface area contributed by atoms with Crippen LogP contribution in [0.4, 0.5) is 10.1 Å². The van der Waals surface area contributed by atoms with Gasteiger partial charge in [0.2, 0.25) is 5.91 Å². The van der Waals surface area contributed by atoms with Crippen molar-refractivity contribution in [1.29, 1.82) is 0 Å². The van der Waals surface area contributed by atoms with E-state index in [0.717, 1.165) is 4.90 Å². The van der Waals surface area contributed by atoms with E-state index >= 15 is 0 Å². The molecular weight excluding hydrogens is 347 g/mol. The molecule has 2 aromatic rings. The standard InChI is InChI=1S/C21H21FN2O3/c1-12(2)10-18(19(25)23-14-9-8-13(3)17(22)11-14)24-20(26)15-6-4-5-7-16(15)21(24)27/h4-9,11-12,18H,10H2,1-3H3,(H,23,25)/t18-/m0/s1. The van der Waals surface area contributed by atoms with Crippen molar-refractivity contribution in [3.63, 3.8) is 0 Å². The van der Waals surface area contributed by atoms with E-state index in [1.165, 1.54) is 6.07 Å². The molecule has 1 N–H and O–H groups in total. The van der Waals surface area contributed by atoms with E-state index in [4.69, 9.17) is 0 Å². The zero-order chi connectivity index (χ0) is 19.7. The zero-order valence-corrected chi connectivity index (χ0v) is 15.5. The lowest BCUT2D eigenvalue weighted by molar-refractivity contribution is -0.120. The first kappa shape index (κ1) is 18.8. The Balaban J connectivity index is 1.90. The molecule has 2 aromatic carbocycles. The van der Waals surface area contributed by atoms with Gasteiger partial charge in [-0.25, -0.2) is 4.39 Å². The van der Waals surface area contributed by atoms with Gasteiger partial charge in [-0.05, 0) is 49.1 Å². The van der Waals surface area contributed by atoms with Crippen molar-refractivity contribution < 1.29 is 18.8 Å². The normalized spacial score (nSPS) is 14.5. The van der Waals surface area contributed by atoms with Gasteiger partial charge in [-0.1, -0.05) is 32.0 Å². The molecular formula is C21H21FN2O3. The van der Waals surface area contributed by atoms with Gasteiger partial charge in [0, 0.05) is 5.69 Å². The summed E-state index contributed by atoms with van der Waals surface area (Å²) in [7, 11) is 0. The predicted molar refractivity (Wildman–Crippen MR) is 100.0 cm³/mol. The molecule has 1 aliphatic rings.